The Hall–Kier alpha value is -2.92. The first kappa shape index (κ1) is 17.5. The van der Waals surface area contributed by atoms with Crippen molar-refractivity contribution < 1.29 is 23.8 Å². The molecule has 0 amide bonds. The first-order valence-electron chi connectivity index (χ1n) is 8.70. The Morgan fingerprint density at radius 2 is 1.37 bits per heavy atom. The Kier molecular flexibility index (Phi) is 4.12. The highest BCUT2D eigenvalue weighted by Gasteiger charge is 2.57. The van der Waals surface area contributed by atoms with Crippen molar-refractivity contribution >= 4 is 11.9 Å². The summed E-state index contributed by atoms with van der Waals surface area (Å²) in [6.45, 7) is 0.207. The van der Waals surface area contributed by atoms with Crippen LogP contribution in [0, 0.1) is 0 Å². The summed E-state index contributed by atoms with van der Waals surface area (Å²) in [5.74, 6) is -1.44. The van der Waals surface area contributed by atoms with Gasteiger partial charge in [-0.3, -0.25) is 0 Å². The fourth-order valence-electron chi connectivity index (χ4n) is 4.70. The van der Waals surface area contributed by atoms with E-state index in [2.05, 4.69) is 0 Å². The van der Waals surface area contributed by atoms with E-state index in [4.69, 9.17) is 14.2 Å². The lowest BCUT2D eigenvalue weighted by Gasteiger charge is -2.49. The van der Waals surface area contributed by atoms with Gasteiger partial charge in [0.15, 0.2) is 0 Å². The number of rotatable bonds is 4. The standard InChI is InChI=1S/C22H20O5/c1-25-12-22-15-10-6-4-8-13(15)17(14-9-5-7-11-16(14)22)18(20(23)26-2)19(22)21(24)27-3/h4-11,17H,12H2,1-3H3. The van der Waals surface area contributed by atoms with E-state index < -0.39 is 17.4 Å². The SMILES string of the molecule is COCC12C(C(=O)OC)=C(C(=O)OC)C(c3ccccc31)c1ccccc12. The smallest absolute Gasteiger partial charge is 0.335 e. The van der Waals surface area contributed by atoms with Crippen molar-refractivity contribution in [2.45, 2.75) is 11.3 Å². The second-order valence-corrected chi connectivity index (χ2v) is 6.72. The third kappa shape index (κ3) is 2.15. The summed E-state index contributed by atoms with van der Waals surface area (Å²) in [5, 5.41) is 0. The Morgan fingerprint density at radius 3 is 1.85 bits per heavy atom. The third-order valence-electron chi connectivity index (χ3n) is 5.60. The van der Waals surface area contributed by atoms with Crippen LogP contribution in [-0.2, 0) is 29.2 Å². The highest BCUT2D eigenvalue weighted by Crippen LogP contribution is 2.59. The molecule has 0 unspecified atom stereocenters. The number of esters is 2. The van der Waals surface area contributed by atoms with Crippen LogP contribution >= 0.6 is 0 Å². The quantitative estimate of drug-likeness (QED) is 0.781. The molecule has 5 nitrogen and oxygen atoms in total. The monoisotopic (exact) mass is 364 g/mol. The van der Waals surface area contributed by atoms with Gasteiger partial charge in [-0.1, -0.05) is 48.5 Å². The van der Waals surface area contributed by atoms with Gasteiger partial charge in [-0.25, -0.2) is 9.59 Å². The van der Waals surface area contributed by atoms with Gasteiger partial charge < -0.3 is 14.2 Å². The zero-order valence-electron chi connectivity index (χ0n) is 15.4. The van der Waals surface area contributed by atoms with Gasteiger partial charge in [0.05, 0.1) is 37.4 Å². The van der Waals surface area contributed by atoms with E-state index in [1.807, 2.05) is 48.5 Å². The molecule has 0 aromatic heterocycles. The van der Waals surface area contributed by atoms with Gasteiger partial charge >= 0.3 is 11.9 Å². The van der Waals surface area contributed by atoms with E-state index in [-0.39, 0.29) is 12.5 Å². The van der Waals surface area contributed by atoms with Crippen molar-refractivity contribution in [3.63, 3.8) is 0 Å². The number of ether oxygens (including phenoxy) is 3. The van der Waals surface area contributed by atoms with Crippen molar-refractivity contribution in [1.29, 1.82) is 0 Å². The molecule has 138 valence electrons. The second kappa shape index (κ2) is 6.35. The van der Waals surface area contributed by atoms with Crippen LogP contribution < -0.4 is 0 Å². The molecule has 0 fully saturated rings. The summed E-state index contributed by atoms with van der Waals surface area (Å²) in [7, 11) is 4.24. The molecule has 0 aliphatic heterocycles. The van der Waals surface area contributed by atoms with Gasteiger partial charge in [0, 0.05) is 13.0 Å². The molecule has 0 saturated carbocycles. The minimum absolute atomic E-state index is 0.207. The second-order valence-electron chi connectivity index (χ2n) is 6.72. The number of methoxy groups -OCH3 is 3. The maximum absolute atomic E-state index is 12.9. The maximum Gasteiger partial charge on any atom is 0.335 e. The Bertz CT molecular complexity index is 925. The zero-order chi connectivity index (χ0) is 19.2. The molecule has 5 rings (SSSR count). The van der Waals surface area contributed by atoms with Gasteiger partial charge in [0.2, 0.25) is 0 Å². The number of hydrogen-bond donors (Lipinski definition) is 0. The first-order chi connectivity index (χ1) is 13.1. The van der Waals surface area contributed by atoms with Gasteiger partial charge in [-0.05, 0) is 22.3 Å². The van der Waals surface area contributed by atoms with Gasteiger partial charge in [-0.15, -0.1) is 0 Å². The molecule has 0 saturated heterocycles. The van der Waals surface area contributed by atoms with E-state index in [9.17, 15) is 9.59 Å². The first-order valence-corrected chi connectivity index (χ1v) is 8.70. The minimum Gasteiger partial charge on any atom is -0.466 e. The fraction of sp³-hybridized carbons (Fsp3) is 0.273. The van der Waals surface area contributed by atoms with Crippen molar-refractivity contribution in [3.05, 3.63) is 81.9 Å². The fourth-order valence-corrected chi connectivity index (χ4v) is 4.70. The van der Waals surface area contributed by atoms with Crippen molar-refractivity contribution in [1.82, 2.24) is 0 Å². The molecular weight excluding hydrogens is 344 g/mol. The van der Waals surface area contributed by atoms with E-state index in [1.54, 1.807) is 7.11 Å². The molecular formula is C22H20O5. The number of hydrogen-bond acceptors (Lipinski definition) is 5. The predicted octanol–water partition coefficient (Wildman–Crippen LogP) is 2.72. The molecule has 2 aromatic carbocycles. The van der Waals surface area contributed by atoms with E-state index >= 15 is 0 Å². The number of carbonyl (C=O) groups excluding carboxylic acids is 2. The molecule has 2 aromatic rings. The van der Waals surface area contributed by atoms with E-state index in [0.717, 1.165) is 22.3 Å². The van der Waals surface area contributed by atoms with Crippen LogP contribution in [0.25, 0.3) is 0 Å². The largest absolute Gasteiger partial charge is 0.466 e. The highest BCUT2D eigenvalue weighted by atomic mass is 16.5. The minimum atomic E-state index is -0.923. The van der Waals surface area contributed by atoms with Crippen LogP contribution in [-0.4, -0.2) is 39.9 Å². The van der Waals surface area contributed by atoms with Crippen LogP contribution in [0.15, 0.2) is 59.7 Å². The maximum atomic E-state index is 12.9. The summed E-state index contributed by atoms with van der Waals surface area (Å²) >= 11 is 0. The van der Waals surface area contributed by atoms with Crippen LogP contribution in [0.4, 0.5) is 0 Å². The summed E-state index contributed by atoms with van der Waals surface area (Å²) in [6, 6.07) is 15.7. The van der Waals surface area contributed by atoms with E-state index in [0.29, 0.717) is 11.1 Å². The van der Waals surface area contributed by atoms with Crippen molar-refractivity contribution in [2.24, 2.45) is 0 Å². The Labute approximate surface area is 157 Å². The van der Waals surface area contributed by atoms with Crippen molar-refractivity contribution in [3.8, 4) is 0 Å². The van der Waals surface area contributed by atoms with E-state index in [1.165, 1.54) is 14.2 Å². The molecule has 3 aliphatic carbocycles. The predicted molar refractivity (Wildman–Crippen MR) is 98.4 cm³/mol. The molecule has 2 bridgehead atoms. The van der Waals surface area contributed by atoms with Crippen LogP contribution in [0.5, 0.6) is 0 Å². The lowest BCUT2D eigenvalue weighted by atomic mass is 9.53. The zero-order valence-corrected chi connectivity index (χ0v) is 15.4. The number of benzene rings is 2. The molecule has 0 atom stereocenters. The summed E-state index contributed by atoms with van der Waals surface area (Å²) in [6.07, 6.45) is 0. The summed E-state index contributed by atoms with van der Waals surface area (Å²) < 4.78 is 15.8. The lowest BCUT2D eigenvalue weighted by molar-refractivity contribution is -0.140. The molecule has 0 spiro atoms. The normalized spacial score (nSPS) is 22.1. The van der Waals surface area contributed by atoms with Gasteiger partial charge in [0.25, 0.3) is 0 Å². The molecule has 0 heterocycles. The molecule has 0 radical (unpaired) electrons. The molecule has 3 aliphatic rings. The summed E-state index contributed by atoms with van der Waals surface area (Å²) in [4.78, 5) is 25.8. The highest BCUT2D eigenvalue weighted by molar-refractivity contribution is 6.07. The van der Waals surface area contributed by atoms with Gasteiger partial charge in [-0.2, -0.15) is 0 Å². The van der Waals surface area contributed by atoms with Crippen LogP contribution in [0.2, 0.25) is 0 Å². The van der Waals surface area contributed by atoms with Crippen LogP contribution in [0.1, 0.15) is 28.2 Å². The lowest BCUT2D eigenvalue weighted by Crippen LogP contribution is -2.49. The van der Waals surface area contributed by atoms with Gasteiger partial charge in [0.1, 0.15) is 0 Å². The molecule has 27 heavy (non-hydrogen) atoms. The molecule has 5 heteroatoms. The van der Waals surface area contributed by atoms with Crippen molar-refractivity contribution in [2.75, 3.05) is 27.9 Å². The average Bonchev–Trinajstić information content (AvgIpc) is 2.72. The Morgan fingerprint density at radius 1 is 0.852 bits per heavy atom. The average molecular weight is 364 g/mol. The number of carbonyl (C=O) groups is 2. The Balaban J connectivity index is 2.19. The third-order valence-corrected chi connectivity index (χ3v) is 5.60. The summed E-state index contributed by atoms with van der Waals surface area (Å²) in [5.41, 5.74) is 3.61. The molecule has 0 N–H and O–H groups in total. The topological polar surface area (TPSA) is 61.8 Å². The van der Waals surface area contributed by atoms with Crippen LogP contribution in [0.3, 0.4) is 0 Å².